The number of unbranched alkanes of at least 4 members (excludes halogenated alkanes) is 3. The topological polar surface area (TPSA) is 29.1 Å². The van der Waals surface area contributed by atoms with E-state index in [0.717, 1.165) is 6.42 Å². The molecule has 0 heterocycles. The summed E-state index contributed by atoms with van der Waals surface area (Å²) in [6.45, 7) is 15.5. The third-order valence-corrected chi connectivity index (χ3v) is 24.6. The van der Waals surface area contributed by atoms with Crippen LogP contribution in [0.25, 0.3) is 0 Å². The van der Waals surface area contributed by atoms with Gasteiger partial charge in [0.05, 0.1) is 0 Å². The van der Waals surface area contributed by atoms with E-state index in [2.05, 4.69) is 53.2 Å². The normalized spacial score (nSPS) is 15.6. The Morgan fingerprint density at radius 3 is 1.52 bits per heavy atom. The van der Waals surface area contributed by atoms with Gasteiger partial charge in [0.15, 0.2) is 0 Å². The van der Waals surface area contributed by atoms with Crippen LogP contribution in [0.2, 0.25) is 13.3 Å². The summed E-state index contributed by atoms with van der Waals surface area (Å²) in [6, 6.07) is 0. The van der Waals surface area contributed by atoms with Crippen molar-refractivity contribution in [1.29, 1.82) is 0 Å². The molecule has 0 aliphatic heterocycles. The third-order valence-electron chi connectivity index (χ3n) is 5.04. The molecule has 0 bridgehead atoms. The van der Waals surface area contributed by atoms with Gasteiger partial charge in [-0.15, -0.1) is 0 Å². The molecule has 0 aromatic rings. The molecule has 0 spiro atoms. The molecule has 0 aromatic heterocycles. The van der Waals surface area contributed by atoms with Gasteiger partial charge in [-0.2, -0.15) is 0 Å². The predicted molar refractivity (Wildman–Crippen MR) is 110 cm³/mol. The molecule has 0 aliphatic carbocycles. The first-order valence-corrected chi connectivity index (χ1v) is 18.8. The summed E-state index contributed by atoms with van der Waals surface area (Å²) in [5.74, 6) is 0. The summed E-state index contributed by atoms with van der Waals surface area (Å²) in [7, 11) is -0.928. The van der Waals surface area contributed by atoms with Crippen molar-refractivity contribution in [3.8, 4) is 0 Å². The first kappa shape index (κ1) is 23.9. The van der Waals surface area contributed by atoms with Crippen molar-refractivity contribution in [2.75, 3.05) is 0 Å². The van der Waals surface area contributed by atoms with Gasteiger partial charge in [0.1, 0.15) is 0 Å². The molecule has 0 aromatic carbocycles. The van der Waals surface area contributed by atoms with E-state index in [9.17, 15) is 4.21 Å². The van der Waals surface area contributed by atoms with Crippen LogP contribution in [0.3, 0.4) is 0 Å². The molecule has 0 rings (SSSR count). The fraction of sp³-hybridized carbons (Fsp3) is 1.00. The van der Waals surface area contributed by atoms with Gasteiger partial charge in [-0.1, -0.05) is 0 Å². The molecule has 0 fully saturated rings. The zero-order valence-corrected chi connectivity index (χ0v) is 20.6. The van der Waals surface area contributed by atoms with E-state index in [0.29, 0.717) is 4.06 Å². The first-order valence-electron chi connectivity index (χ1n) is 9.95. The van der Waals surface area contributed by atoms with E-state index in [4.69, 9.17) is 0 Å². The van der Waals surface area contributed by atoms with Crippen LogP contribution in [-0.4, -0.2) is 31.4 Å². The molecule has 0 radical (unpaired) electrons. The van der Waals surface area contributed by atoms with Crippen molar-refractivity contribution in [2.45, 2.75) is 116 Å². The number of rotatable bonds is 13. The summed E-state index contributed by atoms with van der Waals surface area (Å²) in [6.07, 6.45) is 9.20. The second-order valence-electron chi connectivity index (χ2n) is 8.13. The molecule has 1 unspecified atom stereocenters. The minimum absolute atomic E-state index is 0.161. The average molecular weight is 452 g/mol. The van der Waals surface area contributed by atoms with Crippen LogP contribution in [0.15, 0.2) is 0 Å². The molecular formula is C19H43NOSSn. The van der Waals surface area contributed by atoms with Gasteiger partial charge in [-0.05, 0) is 0 Å². The first-order chi connectivity index (χ1) is 10.8. The summed E-state index contributed by atoms with van der Waals surface area (Å²) in [5.41, 5.74) is 0. The zero-order chi connectivity index (χ0) is 17.9. The molecule has 4 heteroatoms. The van der Waals surface area contributed by atoms with Crippen molar-refractivity contribution in [3.05, 3.63) is 0 Å². The van der Waals surface area contributed by atoms with Crippen molar-refractivity contribution in [2.24, 2.45) is 0 Å². The summed E-state index contributed by atoms with van der Waals surface area (Å²) < 4.78 is 21.2. The van der Waals surface area contributed by atoms with Gasteiger partial charge >= 0.3 is 154 Å². The fourth-order valence-electron chi connectivity index (χ4n) is 3.43. The molecule has 0 aliphatic rings. The van der Waals surface area contributed by atoms with Crippen molar-refractivity contribution in [1.82, 2.24) is 4.72 Å². The summed E-state index contributed by atoms with van der Waals surface area (Å²) in [4.78, 5) is 0. The molecule has 0 saturated carbocycles. The second kappa shape index (κ2) is 12.3. The zero-order valence-electron chi connectivity index (χ0n) is 17.0. The van der Waals surface area contributed by atoms with E-state index in [-0.39, 0.29) is 4.75 Å². The van der Waals surface area contributed by atoms with E-state index in [1.165, 1.54) is 51.8 Å². The van der Waals surface area contributed by atoms with Gasteiger partial charge in [0.2, 0.25) is 0 Å². The van der Waals surface area contributed by atoms with Crippen LogP contribution < -0.4 is 4.72 Å². The van der Waals surface area contributed by atoms with Crippen LogP contribution in [0.1, 0.15) is 93.4 Å². The Morgan fingerprint density at radius 1 is 0.870 bits per heavy atom. The molecule has 140 valence electrons. The molecule has 2 nitrogen and oxygen atoms in total. The maximum atomic E-state index is 12.7. The SMILES string of the molecule is CCC[CH2][Sn]([CH2]CCC)([CH2]CCC)[C@H](CC)NS(=O)C(C)(C)C. The van der Waals surface area contributed by atoms with Crippen LogP contribution in [-0.2, 0) is 11.0 Å². The quantitative estimate of drug-likeness (QED) is 0.331. The number of hydrogen-bond donors (Lipinski definition) is 1. The number of nitrogens with one attached hydrogen (secondary N) is 1. The van der Waals surface area contributed by atoms with Crippen LogP contribution in [0, 0.1) is 0 Å². The van der Waals surface area contributed by atoms with E-state index >= 15 is 0 Å². The Bertz CT molecular complexity index is 306. The summed E-state index contributed by atoms with van der Waals surface area (Å²) >= 11 is -2.33. The van der Waals surface area contributed by atoms with Gasteiger partial charge in [0, 0.05) is 0 Å². The predicted octanol–water partition coefficient (Wildman–Crippen LogP) is 6.21. The fourth-order valence-corrected chi connectivity index (χ4v) is 24.2. The van der Waals surface area contributed by atoms with E-state index in [1.54, 1.807) is 0 Å². The van der Waals surface area contributed by atoms with Gasteiger partial charge in [-0.25, -0.2) is 0 Å². The summed E-state index contributed by atoms with van der Waals surface area (Å²) in [5, 5.41) is 0. The minimum atomic E-state index is -2.33. The van der Waals surface area contributed by atoms with Crippen LogP contribution in [0.5, 0.6) is 0 Å². The maximum absolute atomic E-state index is 12.7. The van der Waals surface area contributed by atoms with Crippen LogP contribution in [0.4, 0.5) is 0 Å². The Kier molecular flexibility index (Phi) is 12.8. The molecule has 1 N–H and O–H groups in total. The molecule has 0 saturated heterocycles. The average Bonchev–Trinajstić information content (AvgIpc) is 2.51. The van der Waals surface area contributed by atoms with Crippen LogP contribution >= 0.6 is 0 Å². The number of hydrogen-bond acceptors (Lipinski definition) is 1. The third kappa shape index (κ3) is 8.71. The molecule has 23 heavy (non-hydrogen) atoms. The van der Waals surface area contributed by atoms with Crippen molar-refractivity contribution < 1.29 is 4.21 Å². The standard InChI is InChI=1S/C7H16NOS.3C4H9.Sn/c1-5-6-8-10(9)7(2,3)4;3*1-3-4-2;/h6,8H,5H2,1-4H3;3*1,3-4H2,2H3;. The van der Waals surface area contributed by atoms with Gasteiger partial charge < -0.3 is 0 Å². The van der Waals surface area contributed by atoms with Gasteiger partial charge in [-0.3, -0.25) is 0 Å². The Hall–Kier alpha value is 0.909. The monoisotopic (exact) mass is 453 g/mol. The van der Waals surface area contributed by atoms with Crippen molar-refractivity contribution >= 4 is 29.4 Å². The van der Waals surface area contributed by atoms with Crippen molar-refractivity contribution in [3.63, 3.8) is 0 Å². The molecular weight excluding hydrogens is 409 g/mol. The molecule has 2 atom stereocenters. The second-order valence-corrected chi connectivity index (χ2v) is 24.2. The van der Waals surface area contributed by atoms with Gasteiger partial charge in [0.25, 0.3) is 0 Å². The Balaban J connectivity index is 5.37. The molecule has 0 amide bonds. The van der Waals surface area contributed by atoms with E-state index < -0.39 is 29.4 Å². The Morgan fingerprint density at radius 2 is 1.26 bits per heavy atom. The Labute approximate surface area is 153 Å². The van der Waals surface area contributed by atoms with E-state index in [1.807, 2.05) is 0 Å².